The molecule has 0 heterocycles. The maximum absolute atomic E-state index is 3.24. The van der Waals surface area contributed by atoms with Crippen LogP contribution < -0.4 is 5.32 Å². The van der Waals surface area contributed by atoms with Gasteiger partial charge in [-0.3, -0.25) is 4.90 Å². The Kier molecular flexibility index (Phi) is 4.51. The van der Waals surface area contributed by atoms with E-state index >= 15 is 0 Å². The quantitative estimate of drug-likeness (QED) is 0.820. The van der Waals surface area contributed by atoms with E-state index in [1.54, 1.807) is 0 Å². The van der Waals surface area contributed by atoms with Crippen LogP contribution >= 0.6 is 0 Å². The zero-order chi connectivity index (χ0) is 12.2. The number of likely N-dealkylation sites (N-methyl/N-ethyl adjacent to an activating group) is 2. The van der Waals surface area contributed by atoms with Gasteiger partial charge in [0.2, 0.25) is 0 Å². The van der Waals surface area contributed by atoms with Crippen LogP contribution in [0.5, 0.6) is 0 Å². The Labute approximate surface area is 99.7 Å². The van der Waals surface area contributed by atoms with Crippen LogP contribution in [0.4, 0.5) is 0 Å². The largest absolute Gasteiger partial charge is 0.318 e. The topological polar surface area (TPSA) is 15.3 Å². The molecule has 0 radical (unpaired) electrons. The number of aryl methyl sites for hydroxylation is 1. The molecule has 2 heteroatoms. The minimum absolute atomic E-state index is 0.179. The van der Waals surface area contributed by atoms with Crippen molar-refractivity contribution in [1.82, 2.24) is 10.2 Å². The van der Waals surface area contributed by atoms with Crippen LogP contribution in [0.3, 0.4) is 0 Å². The number of rotatable bonds is 5. The first-order chi connectivity index (χ1) is 7.45. The maximum atomic E-state index is 3.24. The molecule has 1 aromatic rings. The molecule has 0 spiro atoms. The highest BCUT2D eigenvalue weighted by atomic mass is 15.2. The van der Waals surface area contributed by atoms with Crippen LogP contribution in [0.25, 0.3) is 0 Å². The van der Waals surface area contributed by atoms with Crippen molar-refractivity contribution in [2.75, 3.05) is 20.6 Å². The fraction of sp³-hybridized carbons (Fsp3) is 0.571. The van der Waals surface area contributed by atoms with Gasteiger partial charge < -0.3 is 5.32 Å². The first kappa shape index (κ1) is 13.2. The van der Waals surface area contributed by atoms with Gasteiger partial charge >= 0.3 is 0 Å². The van der Waals surface area contributed by atoms with Gasteiger partial charge in [0.25, 0.3) is 0 Å². The predicted octanol–water partition coefficient (Wildman–Crippen LogP) is 2.42. The molecule has 0 aliphatic rings. The molecule has 0 saturated heterocycles. The van der Waals surface area contributed by atoms with E-state index in [0.717, 1.165) is 13.1 Å². The average Bonchev–Trinajstić information content (AvgIpc) is 2.17. The minimum atomic E-state index is 0.179. The lowest BCUT2D eigenvalue weighted by molar-refractivity contribution is 0.147. The highest BCUT2D eigenvalue weighted by Gasteiger charge is 2.22. The second-order valence-electron chi connectivity index (χ2n) is 5.19. The third-order valence-electron chi connectivity index (χ3n) is 3.14. The smallest absolute Gasteiger partial charge is 0.0278 e. The molecule has 0 aliphatic carbocycles. The molecule has 0 unspecified atom stereocenters. The van der Waals surface area contributed by atoms with E-state index in [2.05, 4.69) is 62.3 Å². The standard InChI is InChI=1S/C14H24N2/c1-12-7-6-8-13(9-12)10-16(5)14(2,3)11-15-4/h6-9,15H,10-11H2,1-5H3. The summed E-state index contributed by atoms with van der Waals surface area (Å²) in [5, 5.41) is 3.24. The molecule has 1 rings (SSSR count). The fourth-order valence-electron chi connectivity index (χ4n) is 1.87. The van der Waals surface area contributed by atoms with Crippen LogP contribution in [-0.4, -0.2) is 31.1 Å². The predicted molar refractivity (Wildman–Crippen MR) is 70.7 cm³/mol. The van der Waals surface area contributed by atoms with E-state index in [1.165, 1.54) is 11.1 Å². The number of hydrogen-bond donors (Lipinski definition) is 1. The van der Waals surface area contributed by atoms with Gasteiger partial charge in [-0.15, -0.1) is 0 Å². The summed E-state index contributed by atoms with van der Waals surface area (Å²) in [5.41, 5.74) is 2.89. The number of hydrogen-bond acceptors (Lipinski definition) is 2. The summed E-state index contributed by atoms with van der Waals surface area (Å²) >= 11 is 0. The molecule has 0 bridgehead atoms. The molecule has 0 amide bonds. The average molecular weight is 220 g/mol. The molecule has 2 nitrogen and oxygen atoms in total. The van der Waals surface area contributed by atoms with Crippen LogP contribution in [-0.2, 0) is 6.54 Å². The highest BCUT2D eigenvalue weighted by molar-refractivity contribution is 5.22. The molecule has 0 saturated carbocycles. The van der Waals surface area contributed by atoms with Crippen LogP contribution in [0.1, 0.15) is 25.0 Å². The van der Waals surface area contributed by atoms with Crippen LogP contribution in [0.2, 0.25) is 0 Å². The third-order valence-corrected chi connectivity index (χ3v) is 3.14. The number of nitrogens with zero attached hydrogens (tertiary/aromatic N) is 1. The molecule has 1 aromatic carbocycles. The lowest BCUT2D eigenvalue weighted by atomic mass is 10.0. The van der Waals surface area contributed by atoms with Crippen molar-refractivity contribution in [3.63, 3.8) is 0 Å². The van der Waals surface area contributed by atoms with Crippen molar-refractivity contribution in [1.29, 1.82) is 0 Å². The van der Waals surface area contributed by atoms with E-state index in [1.807, 2.05) is 7.05 Å². The normalized spacial score (nSPS) is 12.1. The summed E-state index contributed by atoms with van der Waals surface area (Å²) in [5.74, 6) is 0. The van der Waals surface area contributed by atoms with Gasteiger partial charge in [-0.05, 0) is 40.4 Å². The van der Waals surface area contributed by atoms with Crippen molar-refractivity contribution in [2.24, 2.45) is 0 Å². The van der Waals surface area contributed by atoms with Crippen LogP contribution in [0.15, 0.2) is 24.3 Å². The van der Waals surface area contributed by atoms with E-state index in [4.69, 9.17) is 0 Å². The summed E-state index contributed by atoms with van der Waals surface area (Å²) in [4.78, 5) is 2.39. The van der Waals surface area contributed by atoms with Crippen molar-refractivity contribution in [3.8, 4) is 0 Å². The van der Waals surface area contributed by atoms with Crippen LogP contribution in [0, 0.1) is 6.92 Å². The van der Waals surface area contributed by atoms with Crippen molar-refractivity contribution in [2.45, 2.75) is 32.9 Å². The van der Waals surface area contributed by atoms with E-state index < -0.39 is 0 Å². The molecule has 90 valence electrons. The summed E-state index contributed by atoms with van der Waals surface area (Å²) in [6.45, 7) is 8.66. The number of benzene rings is 1. The third kappa shape index (κ3) is 3.62. The lowest BCUT2D eigenvalue weighted by Crippen LogP contribution is -2.47. The Morgan fingerprint density at radius 2 is 2.00 bits per heavy atom. The first-order valence-corrected chi connectivity index (χ1v) is 5.87. The van der Waals surface area contributed by atoms with Gasteiger partial charge in [-0.2, -0.15) is 0 Å². The zero-order valence-corrected chi connectivity index (χ0v) is 11.2. The Bertz CT molecular complexity index is 331. The summed E-state index contributed by atoms with van der Waals surface area (Å²) in [6.07, 6.45) is 0. The van der Waals surface area contributed by atoms with E-state index in [0.29, 0.717) is 0 Å². The van der Waals surface area contributed by atoms with Gasteiger partial charge in [-0.25, -0.2) is 0 Å². The summed E-state index contributed by atoms with van der Waals surface area (Å²) < 4.78 is 0. The van der Waals surface area contributed by atoms with Gasteiger partial charge in [0.05, 0.1) is 0 Å². The maximum Gasteiger partial charge on any atom is 0.0278 e. The second kappa shape index (κ2) is 5.46. The summed E-state index contributed by atoms with van der Waals surface area (Å²) in [6, 6.07) is 8.72. The molecular formula is C14H24N2. The van der Waals surface area contributed by atoms with Gasteiger partial charge in [-0.1, -0.05) is 29.8 Å². The van der Waals surface area contributed by atoms with Crippen molar-refractivity contribution < 1.29 is 0 Å². The van der Waals surface area contributed by atoms with Crippen molar-refractivity contribution in [3.05, 3.63) is 35.4 Å². The Hall–Kier alpha value is -0.860. The van der Waals surface area contributed by atoms with Gasteiger partial charge in [0, 0.05) is 18.6 Å². The molecule has 0 atom stereocenters. The summed E-state index contributed by atoms with van der Waals surface area (Å²) in [7, 11) is 4.18. The molecule has 0 aliphatic heterocycles. The molecule has 16 heavy (non-hydrogen) atoms. The Morgan fingerprint density at radius 1 is 1.31 bits per heavy atom. The Balaban J connectivity index is 2.67. The SMILES string of the molecule is CNCC(C)(C)N(C)Cc1cccc(C)c1. The zero-order valence-electron chi connectivity index (χ0n) is 11.2. The molecule has 0 aromatic heterocycles. The fourth-order valence-corrected chi connectivity index (χ4v) is 1.87. The Morgan fingerprint density at radius 3 is 2.56 bits per heavy atom. The molecular weight excluding hydrogens is 196 g/mol. The van der Waals surface area contributed by atoms with E-state index in [-0.39, 0.29) is 5.54 Å². The minimum Gasteiger partial charge on any atom is -0.318 e. The number of nitrogens with one attached hydrogen (secondary N) is 1. The van der Waals surface area contributed by atoms with Gasteiger partial charge in [0.1, 0.15) is 0 Å². The highest BCUT2D eigenvalue weighted by Crippen LogP contribution is 2.15. The molecule has 0 fully saturated rings. The van der Waals surface area contributed by atoms with Gasteiger partial charge in [0.15, 0.2) is 0 Å². The molecule has 1 N–H and O–H groups in total. The second-order valence-corrected chi connectivity index (χ2v) is 5.19. The lowest BCUT2D eigenvalue weighted by Gasteiger charge is -2.35. The monoisotopic (exact) mass is 220 g/mol. The van der Waals surface area contributed by atoms with Crippen molar-refractivity contribution >= 4 is 0 Å². The first-order valence-electron chi connectivity index (χ1n) is 5.87. The van der Waals surface area contributed by atoms with E-state index in [9.17, 15) is 0 Å².